The van der Waals surface area contributed by atoms with Gasteiger partial charge >= 0.3 is 0 Å². The minimum absolute atomic E-state index is 0.146. The van der Waals surface area contributed by atoms with Gasteiger partial charge in [0.1, 0.15) is 12.4 Å². The number of ether oxygens (including phenoxy) is 1. The maximum Gasteiger partial charge on any atom is 0.255 e. The second-order valence-corrected chi connectivity index (χ2v) is 6.49. The fourth-order valence-electron chi connectivity index (χ4n) is 2.70. The summed E-state index contributed by atoms with van der Waals surface area (Å²) in [5, 5.41) is 7.05. The molecular weight excluding hydrogens is 344 g/mol. The molecule has 0 spiro atoms. The van der Waals surface area contributed by atoms with Crippen molar-refractivity contribution in [2.75, 3.05) is 5.32 Å². The maximum atomic E-state index is 12.6. The van der Waals surface area contributed by atoms with Gasteiger partial charge in [-0.1, -0.05) is 36.4 Å². The predicted octanol–water partition coefficient (Wildman–Crippen LogP) is 5.13. The van der Waals surface area contributed by atoms with Crippen LogP contribution in [0.3, 0.4) is 0 Å². The molecule has 26 heavy (non-hydrogen) atoms. The number of amides is 1. The molecule has 0 bridgehead atoms. The highest BCUT2D eigenvalue weighted by Crippen LogP contribution is 2.24. The number of carbonyl (C=O) groups excluding carboxylic acids is 1. The van der Waals surface area contributed by atoms with Crippen molar-refractivity contribution in [1.29, 1.82) is 0 Å². The van der Waals surface area contributed by atoms with Crippen molar-refractivity contribution in [3.8, 4) is 5.75 Å². The van der Waals surface area contributed by atoms with E-state index in [9.17, 15) is 4.79 Å². The summed E-state index contributed by atoms with van der Waals surface area (Å²) in [5.41, 5.74) is 4.06. The summed E-state index contributed by atoms with van der Waals surface area (Å²) in [6.07, 6.45) is 0. The van der Waals surface area contributed by atoms with Gasteiger partial charge in [-0.05, 0) is 35.7 Å². The van der Waals surface area contributed by atoms with Crippen molar-refractivity contribution >= 4 is 33.7 Å². The highest BCUT2D eigenvalue weighted by molar-refractivity contribution is 7.07. The number of hydrogen-bond acceptors (Lipinski definition) is 4. The van der Waals surface area contributed by atoms with E-state index in [1.54, 1.807) is 29.8 Å². The quantitative estimate of drug-likeness (QED) is 0.537. The lowest BCUT2D eigenvalue weighted by atomic mass is 10.1. The van der Waals surface area contributed by atoms with Crippen LogP contribution in [-0.2, 0) is 6.61 Å². The Kier molecular flexibility index (Phi) is 4.62. The van der Waals surface area contributed by atoms with Crippen LogP contribution in [0.1, 0.15) is 16.1 Å². The summed E-state index contributed by atoms with van der Waals surface area (Å²) >= 11 is 1.54. The van der Waals surface area contributed by atoms with Gasteiger partial charge in [0.05, 0.1) is 11.2 Å². The van der Waals surface area contributed by atoms with E-state index in [0.29, 0.717) is 17.9 Å². The van der Waals surface area contributed by atoms with Crippen LogP contribution in [0.5, 0.6) is 5.75 Å². The van der Waals surface area contributed by atoms with Crippen LogP contribution >= 0.6 is 11.3 Å². The maximum absolute atomic E-state index is 12.6. The zero-order valence-corrected chi connectivity index (χ0v) is 14.7. The molecule has 1 amide bonds. The van der Waals surface area contributed by atoms with Gasteiger partial charge in [-0.15, -0.1) is 11.3 Å². The monoisotopic (exact) mass is 360 g/mol. The van der Waals surface area contributed by atoms with Crippen molar-refractivity contribution in [3.63, 3.8) is 0 Å². The summed E-state index contributed by atoms with van der Waals surface area (Å²) in [6, 6.07) is 21.0. The van der Waals surface area contributed by atoms with Crippen LogP contribution < -0.4 is 10.1 Å². The first-order valence-corrected chi connectivity index (χ1v) is 9.13. The Hall–Kier alpha value is -3.18. The SMILES string of the molecule is O=C(Nc1cccc2ccccc12)c1ccc(OCc2cscn2)cc1. The first-order chi connectivity index (χ1) is 12.8. The first-order valence-electron chi connectivity index (χ1n) is 8.19. The second kappa shape index (κ2) is 7.37. The van der Waals surface area contributed by atoms with E-state index in [0.717, 1.165) is 22.2 Å². The zero-order chi connectivity index (χ0) is 17.8. The van der Waals surface area contributed by atoms with Crippen molar-refractivity contribution in [3.05, 3.63) is 88.9 Å². The van der Waals surface area contributed by atoms with Crippen molar-refractivity contribution < 1.29 is 9.53 Å². The molecule has 3 aromatic carbocycles. The van der Waals surface area contributed by atoms with Gasteiger partial charge in [0.25, 0.3) is 5.91 Å². The number of aromatic nitrogens is 1. The van der Waals surface area contributed by atoms with E-state index < -0.39 is 0 Å². The first kappa shape index (κ1) is 16.3. The number of nitrogens with zero attached hydrogens (tertiary/aromatic N) is 1. The lowest BCUT2D eigenvalue weighted by Crippen LogP contribution is -2.12. The van der Waals surface area contributed by atoms with Crippen LogP contribution in [0.2, 0.25) is 0 Å². The molecular formula is C21H16N2O2S. The number of carbonyl (C=O) groups is 1. The number of thiazole rings is 1. The lowest BCUT2D eigenvalue weighted by Gasteiger charge is -2.09. The summed E-state index contributed by atoms with van der Waals surface area (Å²) in [5.74, 6) is 0.562. The molecule has 0 unspecified atom stereocenters. The molecule has 0 atom stereocenters. The molecule has 0 saturated heterocycles. The largest absolute Gasteiger partial charge is 0.487 e. The molecule has 1 heterocycles. The highest BCUT2D eigenvalue weighted by atomic mass is 32.1. The van der Waals surface area contributed by atoms with E-state index in [2.05, 4.69) is 10.3 Å². The second-order valence-electron chi connectivity index (χ2n) is 5.77. The number of hydrogen-bond donors (Lipinski definition) is 1. The van der Waals surface area contributed by atoms with Crippen LogP contribution in [0, 0.1) is 0 Å². The fraction of sp³-hybridized carbons (Fsp3) is 0.0476. The third-order valence-electron chi connectivity index (χ3n) is 4.02. The molecule has 4 aromatic rings. The van der Waals surface area contributed by atoms with Crippen molar-refractivity contribution in [2.45, 2.75) is 6.61 Å². The Labute approximate surface area is 155 Å². The Morgan fingerprint density at radius 1 is 1.00 bits per heavy atom. The Morgan fingerprint density at radius 3 is 2.62 bits per heavy atom. The van der Waals surface area contributed by atoms with E-state index in [1.807, 2.05) is 47.8 Å². The van der Waals surface area contributed by atoms with Gasteiger partial charge in [-0.2, -0.15) is 0 Å². The third-order valence-corrected chi connectivity index (χ3v) is 4.66. The third kappa shape index (κ3) is 3.58. The van der Waals surface area contributed by atoms with E-state index in [-0.39, 0.29) is 5.91 Å². The summed E-state index contributed by atoms with van der Waals surface area (Å²) in [7, 11) is 0. The topological polar surface area (TPSA) is 51.2 Å². The van der Waals surface area contributed by atoms with Gasteiger partial charge in [0.2, 0.25) is 0 Å². The molecule has 0 aliphatic heterocycles. The minimum atomic E-state index is -0.146. The van der Waals surface area contributed by atoms with E-state index in [4.69, 9.17) is 4.74 Å². The standard InChI is InChI=1S/C21H16N2O2S/c24-21(23-20-7-3-5-15-4-1-2-6-19(15)20)16-8-10-18(11-9-16)25-12-17-13-26-14-22-17/h1-11,13-14H,12H2,(H,23,24). The average Bonchev–Trinajstić information content (AvgIpc) is 3.21. The molecule has 0 aliphatic rings. The van der Waals surface area contributed by atoms with E-state index in [1.165, 1.54) is 11.3 Å². The highest BCUT2D eigenvalue weighted by Gasteiger charge is 2.08. The minimum Gasteiger partial charge on any atom is -0.487 e. The molecule has 4 nitrogen and oxygen atoms in total. The molecule has 0 fully saturated rings. The molecule has 5 heteroatoms. The van der Waals surface area contributed by atoms with Gasteiger partial charge in [0, 0.05) is 22.0 Å². The van der Waals surface area contributed by atoms with Crippen LogP contribution in [-0.4, -0.2) is 10.9 Å². The molecule has 0 radical (unpaired) electrons. The molecule has 0 saturated carbocycles. The lowest BCUT2D eigenvalue weighted by molar-refractivity contribution is 0.102. The summed E-state index contributed by atoms with van der Waals surface area (Å²) < 4.78 is 5.67. The number of rotatable bonds is 5. The predicted molar refractivity (Wildman–Crippen MR) is 105 cm³/mol. The van der Waals surface area contributed by atoms with E-state index >= 15 is 0 Å². The van der Waals surface area contributed by atoms with Gasteiger partial charge in [-0.25, -0.2) is 4.98 Å². The molecule has 1 aromatic heterocycles. The van der Waals surface area contributed by atoms with Crippen LogP contribution in [0.15, 0.2) is 77.6 Å². The molecule has 0 aliphatic carbocycles. The van der Waals surface area contributed by atoms with Gasteiger partial charge in [-0.3, -0.25) is 4.79 Å². The number of anilines is 1. The Morgan fingerprint density at radius 2 is 1.81 bits per heavy atom. The normalized spacial score (nSPS) is 10.6. The summed E-state index contributed by atoms with van der Waals surface area (Å²) in [4.78, 5) is 16.7. The summed E-state index contributed by atoms with van der Waals surface area (Å²) in [6.45, 7) is 0.422. The molecule has 1 N–H and O–H groups in total. The number of benzene rings is 3. The van der Waals surface area contributed by atoms with Crippen molar-refractivity contribution in [2.24, 2.45) is 0 Å². The average molecular weight is 360 g/mol. The van der Waals surface area contributed by atoms with Crippen molar-refractivity contribution in [1.82, 2.24) is 4.98 Å². The molecule has 4 rings (SSSR count). The number of fused-ring (bicyclic) bond motifs is 1. The Balaban J connectivity index is 1.46. The Bertz CT molecular complexity index is 1020. The van der Waals surface area contributed by atoms with Crippen LogP contribution in [0.4, 0.5) is 5.69 Å². The van der Waals surface area contributed by atoms with Crippen LogP contribution in [0.25, 0.3) is 10.8 Å². The fourth-order valence-corrected chi connectivity index (χ4v) is 3.24. The number of nitrogens with one attached hydrogen (secondary N) is 1. The zero-order valence-electron chi connectivity index (χ0n) is 13.9. The van der Waals surface area contributed by atoms with Gasteiger partial charge < -0.3 is 10.1 Å². The van der Waals surface area contributed by atoms with Gasteiger partial charge in [0.15, 0.2) is 0 Å². The molecule has 128 valence electrons. The smallest absolute Gasteiger partial charge is 0.255 e.